The second-order valence-electron chi connectivity index (χ2n) is 5.78. The fourth-order valence-electron chi connectivity index (χ4n) is 2.80. The monoisotopic (exact) mass is 341 g/mol. The van der Waals surface area contributed by atoms with Crippen molar-refractivity contribution in [2.75, 3.05) is 16.8 Å². The number of carbonyl (C=O) groups is 3. The highest BCUT2D eigenvalue weighted by atomic mass is 19.1. The lowest BCUT2D eigenvalue weighted by Crippen LogP contribution is -2.28. The maximum atomic E-state index is 13.0. The SMILES string of the molecule is NC(=O)c1ccccc1NC(=O)[C@H]1CC(=O)N(c2ccc(F)cc2)C1. The molecule has 2 aromatic carbocycles. The van der Waals surface area contributed by atoms with Crippen LogP contribution < -0.4 is 16.0 Å². The van der Waals surface area contributed by atoms with E-state index >= 15 is 0 Å². The van der Waals surface area contributed by atoms with Gasteiger partial charge in [0.05, 0.1) is 17.2 Å². The van der Waals surface area contributed by atoms with Gasteiger partial charge in [-0.2, -0.15) is 0 Å². The van der Waals surface area contributed by atoms with Gasteiger partial charge in [-0.15, -0.1) is 0 Å². The quantitative estimate of drug-likeness (QED) is 0.890. The van der Waals surface area contributed by atoms with Gasteiger partial charge in [-0.1, -0.05) is 12.1 Å². The van der Waals surface area contributed by atoms with Gasteiger partial charge in [-0.3, -0.25) is 14.4 Å². The number of amides is 3. The Morgan fingerprint density at radius 3 is 2.48 bits per heavy atom. The summed E-state index contributed by atoms with van der Waals surface area (Å²) in [6.07, 6.45) is 0.0436. The van der Waals surface area contributed by atoms with Crippen LogP contribution in [0, 0.1) is 11.7 Å². The third-order valence-electron chi connectivity index (χ3n) is 4.08. The Bertz CT molecular complexity index is 836. The lowest BCUT2D eigenvalue weighted by molar-refractivity contribution is -0.122. The molecule has 0 unspecified atom stereocenters. The Hall–Kier alpha value is -3.22. The van der Waals surface area contributed by atoms with Crippen LogP contribution >= 0.6 is 0 Å². The number of nitrogens with zero attached hydrogens (tertiary/aromatic N) is 1. The third-order valence-corrected chi connectivity index (χ3v) is 4.08. The van der Waals surface area contributed by atoms with Gasteiger partial charge in [0, 0.05) is 18.7 Å². The van der Waals surface area contributed by atoms with E-state index in [4.69, 9.17) is 5.73 Å². The number of rotatable bonds is 4. The van der Waals surface area contributed by atoms with Crippen LogP contribution in [0.5, 0.6) is 0 Å². The Balaban J connectivity index is 1.73. The molecule has 25 heavy (non-hydrogen) atoms. The molecule has 1 aliphatic heterocycles. The molecule has 2 aromatic rings. The fourth-order valence-corrected chi connectivity index (χ4v) is 2.80. The summed E-state index contributed by atoms with van der Waals surface area (Å²) in [6, 6.07) is 11.9. The van der Waals surface area contributed by atoms with Crippen molar-refractivity contribution in [2.45, 2.75) is 6.42 Å². The van der Waals surface area contributed by atoms with E-state index in [2.05, 4.69) is 5.32 Å². The van der Waals surface area contributed by atoms with Crippen molar-refractivity contribution in [2.24, 2.45) is 11.7 Å². The summed E-state index contributed by atoms with van der Waals surface area (Å²) >= 11 is 0. The van der Waals surface area contributed by atoms with Gasteiger partial charge in [0.1, 0.15) is 5.82 Å². The van der Waals surface area contributed by atoms with Gasteiger partial charge < -0.3 is 16.0 Å². The van der Waals surface area contributed by atoms with Crippen molar-refractivity contribution in [1.82, 2.24) is 0 Å². The molecule has 1 fully saturated rings. The molecule has 0 aliphatic carbocycles. The summed E-state index contributed by atoms with van der Waals surface area (Å²) < 4.78 is 13.0. The molecule has 3 N–H and O–H groups in total. The minimum absolute atomic E-state index is 0.0436. The first-order valence-electron chi connectivity index (χ1n) is 7.71. The first-order valence-corrected chi connectivity index (χ1v) is 7.71. The van der Waals surface area contributed by atoms with Crippen molar-refractivity contribution >= 4 is 29.1 Å². The smallest absolute Gasteiger partial charge is 0.250 e. The Morgan fingerprint density at radius 1 is 1.12 bits per heavy atom. The Kier molecular flexibility index (Phi) is 4.47. The molecule has 1 saturated heterocycles. The molecule has 128 valence electrons. The topological polar surface area (TPSA) is 92.5 Å². The summed E-state index contributed by atoms with van der Waals surface area (Å²) in [7, 11) is 0. The van der Waals surface area contributed by atoms with Crippen LogP contribution in [0.4, 0.5) is 15.8 Å². The number of para-hydroxylation sites is 1. The molecule has 3 amide bonds. The number of hydrogen-bond donors (Lipinski definition) is 2. The zero-order chi connectivity index (χ0) is 18.0. The molecule has 0 spiro atoms. The largest absolute Gasteiger partial charge is 0.366 e. The minimum Gasteiger partial charge on any atom is -0.366 e. The first kappa shape index (κ1) is 16.6. The summed E-state index contributed by atoms with van der Waals surface area (Å²) in [6.45, 7) is 0.190. The Labute approximate surface area is 143 Å². The number of halogens is 1. The lowest BCUT2D eigenvalue weighted by Gasteiger charge is -2.17. The molecule has 0 aromatic heterocycles. The van der Waals surface area contributed by atoms with E-state index in [0.717, 1.165) is 0 Å². The van der Waals surface area contributed by atoms with Gasteiger partial charge in [0.15, 0.2) is 0 Å². The molecule has 0 bridgehead atoms. The van der Waals surface area contributed by atoms with Crippen LogP contribution in [-0.2, 0) is 9.59 Å². The number of benzene rings is 2. The van der Waals surface area contributed by atoms with E-state index in [1.54, 1.807) is 18.2 Å². The van der Waals surface area contributed by atoms with E-state index in [1.165, 1.54) is 35.2 Å². The zero-order valence-electron chi connectivity index (χ0n) is 13.2. The van der Waals surface area contributed by atoms with Crippen molar-refractivity contribution < 1.29 is 18.8 Å². The number of hydrogen-bond acceptors (Lipinski definition) is 3. The highest BCUT2D eigenvalue weighted by Gasteiger charge is 2.35. The maximum Gasteiger partial charge on any atom is 0.250 e. The van der Waals surface area contributed by atoms with Gasteiger partial charge >= 0.3 is 0 Å². The zero-order valence-corrected chi connectivity index (χ0v) is 13.2. The van der Waals surface area contributed by atoms with E-state index in [0.29, 0.717) is 11.4 Å². The van der Waals surface area contributed by atoms with E-state index in [-0.39, 0.29) is 30.3 Å². The molecule has 6 nitrogen and oxygen atoms in total. The maximum absolute atomic E-state index is 13.0. The Morgan fingerprint density at radius 2 is 1.80 bits per heavy atom. The molecule has 1 atom stereocenters. The van der Waals surface area contributed by atoms with Crippen LogP contribution in [0.2, 0.25) is 0 Å². The second kappa shape index (κ2) is 6.72. The minimum atomic E-state index is -0.647. The lowest BCUT2D eigenvalue weighted by atomic mass is 10.1. The average Bonchev–Trinajstić information content (AvgIpc) is 2.98. The molecule has 0 saturated carbocycles. The van der Waals surface area contributed by atoms with Gasteiger partial charge in [0.25, 0.3) is 5.91 Å². The molecule has 3 rings (SSSR count). The fraction of sp³-hybridized carbons (Fsp3) is 0.167. The van der Waals surface area contributed by atoms with Crippen molar-refractivity contribution in [3.8, 4) is 0 Å². The number of anilines is 2. The second-order valence-corrected chi connectivity index (χ2v) is 5.78. The normalized spacial score (nSPS) is 16.8. The van der Waals surface area contributed by atoms with Crippen LogP contribution in [0.25, 0.3) is 0 Å². The standard InChI is InChI=1S/C18H16FN3O3/c19-12-5-7-13(8-6-12)22-10-11(9-16(22)23)18(25)21-15-4-2-1-3-14(15)17(20)24/h1-8,11H,9-10H2,(H2,20,24)(H,21,25)/t11-/m0/s1. The van der Waals surface area contributed by atoms with Crippen LogP contribution in [0.3, 0.4) is 0 Å². The van der Waals surface area contributed by atoms with E-state index < -0.39 is 17.6 Å². The number of carbonyl (C=O) groups excluding carboxylic acids is 3. The number of primary amides is 1. The summed E-state index contributed by atoms with van der Waals surface area (Å²) in [5.41, 5.74) is 6.35. The summed E-state index contributed by atoms with van der Waals surface area (Å²) in [4.78, 5) is 37.5. The van der Waals surface area contributed by atoms with Crippen molar-refractivity contribution in [1.29, 1.82) is 0 Å². The highest BCUT2D eigenvalue weighted by molar-refractivity contribution is 6.06. The number of nitrogens with one attached hydrogen (secondary N) is 1. The van der Waals surface area contributed by atoms with Crippen LogP contribution in [0.15, 0.2) is 48.5 Å². The summed E-state index contributed by atoms with van der Waals surface area (Å²) in [5, 5.41) is 2.66. The summed E-state index contributed by atoms with van der Waals surface area (Å²) in [5.74, 6) is -2.20. The molecule has 0 radical (unpaired) electrons. The van der Waals surface area contributed by atoms with Crippen molar-refractivity contribution in [3.63, 3.8) is 0 Å². The molecule has 1 aliphatic rings. The highest BCUT2D eigenvalue weighted by Crippen LogP contribution is 2.26. The van der Waals surface area contributed by atoms with E-state index in [9.17, 15) is 18.8 Å². The molecular weight excluding hydrogens is 325 g/mol. The molecular formula is C18H16FN3O3. The molecule has 7 heteroatoms. The first-order chi connectivity index (χ1) is 12.0. The van der Waals surface area contributed by atoms with E-state index in [1.807, 2.05) is 0 Å². The third kappa shape index (κ3) is 3.50. The van der Waals surface area contributed by atoms with Crippen LogP contribution in [0.1, 0.15) is 16.8 Å². The predicted molar refractivity (Wildman–Crippen MR) is 90.4 cm³/mol. The predicted octanol–water partition coefficient (Wildman–Crippen LogP) is 1.92. The molecule has 1 heterocycles. The average molecular weight is 341 g/mol. The van der Waals surface area contributed by atoms with Gasteiger partial charge in [-0.05, 0) is 36.4 Å². The van der Waals surface area contributed by atoms with Crippen LogP contribution in [-0.4, -0.2) is 24.3 Å². The van der Waals surface area contributed by atoms with Crippen molar-refractivity contribution in [3.05, 3.63) is 59.9 Å². The van der Waals surface area contributed by atoms with Gasteiger partial charge in [0.2, 0.25) is 11.8 Å². The van der Waals surface area contributed by atoms with Gasteiger partial charge in [-0.25, -0.2) is 4.39 Å². The number of nitrogens with two attached hydrogens (primary N) is 1.